The van der Waals surface area contributed by atoms with Gasteiger partial charge < -0.3 is 5.32 Å². The van der Waals surface area contributed by atoms with E-state index in [1.807, 2.05) is 24.3 Å². The first-order valence-electron chi connectivity index (χ1n) is 5.99. The Kier molecular flexibility index (Phi) is 5.80. The Morgan fingerprint density at radius 2 is 1.94 bits per heavy atom. The number of rotatable bonds is 5. The van der Waals surface area contributed by atoms with Crippen LogP contribution in [-0.2, 0) is 0 Å². The lowest BCUT2D eigenvalue weighted by molar-refractivity contribution is 0.0970. The van der Waals surface area contributed by atoms with Crippen LogP contribution in [0.1, 0.15) is 37.0 Å². The Labute approximate surface area is 103 Å². The number of carbonyl (C=O) groups is 1. The highest BCUT2D eigenvalue weighted by Gasteiger charge is 2.01. The molecule has 0 spiro atoms. The fourth-order valence-electron chi connectivity index (χ4n) is 1.37. The lowest BCUT2D eigenvalue weighted by Gasteiger charge is -2.02. The molecule has 0 aliphatic heterocycles. The normalized spacial score (nSPS) is 11.8. The quantitative estimate of drug-likeness (QED) is 0.767. The minimum Gasteiger partial charge on any atom is -0.328 e. The summed E-state index contributed by atoms with van der Waals surface area (Å²) in [5, 5.41) is 2.81. The molecule has 0 radical (unpaired) electrons. The van der Waals surface area contributed by atoms with Gasteiger partial charge in [-0.05, 0) is 30.5 Å². The molecule has 2 nitrogen and oxygen atoms in total. The molecule has 17 heavy (non-hydrogen) atoms. The summed E-state index contributed by atoms with van der Waals surface area (Å²) in [4.78, 5) is 11.8. The molecule has 0 heterocycles. The number of benzene rings is 1. The summed E-state index contributed by atoms with van der Waals surface area (Å²) in [7, 11) is 0. The van der Waals surface area contributed by atoms with Crippen LogP contribution in [0.15, 0.2) is 54.3 Å². The van der Waals surface area contributed by atoms with E-state index in [0.717, 1.165) is 18.4 Å². The maximum atomic E-state index is 11.8. The third kappa shape index (κ3) is 4.68. The van der Waals surface area contributed by atoms with E-state index in [4.69, 9.17) is 0 Å². The maximum absolute atomic E-state index is 11.8. The van der Waals surface area contributed by atoms with Crippen molar-refractivity contribution < 1.29 is 4.79 Å². The fraction of sp³-hybridized carbons (Fsp3) is 0.267. The highest BCUT2D eigenvalue weighted by atomic mass is 16.1. The molecule has 2 heteroatoms. The van der Waals surface area contributed by atoms with Crippen LogP contribution in [0.5, 0.6) is 0 Å². The maximum Gasteiger partial charge on any atom is 0.255 e. The van der Waals surface area contributed by atoms with Crippen molar-refractivity contribution in [3.63, 3.8) is 0 Å². The molecule has 0 saturated carbocycles. The molecule has 0 saturated heterocycles. The van der Waals surface area contributed by atoms with Crippen LogP contribution in [-0.4, -0.2) is 5.91 Å². The Hall–Kier alpha value is -1.83. The van der Waals surface area contributed by atoms with E-state index >= 15 is 0 Å². The minimum atomic E-state index is -0.0681. The lowest BCUT2D eigenvalue weighted by Crippen LogP contribution is -2.17. The Morgan fingerprint density at radius 3 is 2.53 bits per heavy atom. The van der Waals surface area contributed by atoms with Gasteiger partial charge in [-0.1, -0.05) is 44.2 Å². The molecule has 90 valence electrons. The topological polar surface area (TPSA) is 29.1 Å². The molecule has 1 rings (SSSR count). The second-order valence-corrected chi connectivity index (χ2v) is 3.72. The van der Waals surface area contributed by atoms with Crippen molar-refractivity contribution in [3.05, 3.63) is 59.8 Å². The van der Waals surface area contributed by atoms with Gasteiger partial charge in [-0.3, -0.25) is 4.79 Å². The molecular weight excluding hydrogens is 210 g/mol. The Morgan fingerprint density at radius 1 is 1.24 bits per heavy atom. The summed E-state index contributed by atoms with van der Waals surface area (Å²) in [6.45, 7) is 4.16. The van der Waals surface area contributed by atoms with Crippen molar-refractivity contribution in [2.45, 2.75) is 26.7 Å². The average molecular weight is 229 g/mol. The van der Waals surface area contributed by atoms with Crippen LogP contribution in [0.4, 0.5) is 0 Å². The van der Waals surface area contributed by atoms with E-state index in [9.17, 15) is 4.79 Å². The van der Waals surface area contributed by atoms with E-state index in [0.29, 0.717) is 5.56 Å². The van der Waals surface area contributed by atoms with Crippen LogP contribution in [0.25, 0.3) is 0 Å². The van der Waals surface area contributed by atoms with Crippen molar-refractivity contribution in [3.8, 4) is 0 Å². The van der Waals surface area contributed by atoms with E-state index < -0.39 is 0 Å². The molecule has 1 amide bonds. The van der Waals surface area contributed by atoms with Gasteiger partial charge in [0.25, 0.3) is 5.91 Å². The SMILES string of the molecule is CC/C=C/C(=C/NC(=O)c1ccccc1)CC. The van der Waals surface area contributed by atoms with Gasteiger partial charge in [-0.25, -0.2) is 0 Å². The molecular formula is C15H19NO. The summed E-state index contributed by atoms with van der Waals surface area (Å²) in [5.74, 6) is -0.0681. The van der Waals surface area contributed by atoms with Gasteiger partial charge in [0.15, 0.2) is 0 Å². The Balaban J connectivity index is 2.63. The number of carbonyl (C=O) groups excluding carboxylic acids is 1. The monoisotopic (exact) mass is 229 g/mol. The number of hydrogen-bond donors (Lipinski definition) is 1. The number of nitrogens with one attached hydrogen (secondary N) is 1. The van der Waals surface area contributed by atoms with E-state index in [2.05, 4.69) is 25.2 Å². The number of amides is 1. The predicted octanol–water partition coefficient (Wildman–Crippen LogP) is 3.68. The molecule has 0 aromatic heterocycles. The molecule has 0 atom stereocenters. The molecule has 1 N–H and O–H groups in total. The van der Waals surface area contributed by atoms with Gasteiger partial charge in [0.05, 0.1) is 0 Å². The van der Waals surface area contributed by atoms with E-state index in [-0.39, 0.29) is 5.91 Å². The van der Waals surface area contributed by atoms with Gasteiger partial charge >= 0.3 is 0 Å². The van der Waals surface area contributed by atoms with Crippen LogP contribution in [0.2, 0.25) is 0 Å². The van der Waals surface area contributed by atoms with Crippen molar-refractivity contribution in [2.24, 2.45) is 0 Å². The first-order chi connectivity index (χ1) is 8.27. The van der Waals surface area contributed by atoms with Crippen molar-refractivity contribution in [2.75, 3.05) is 0 Å². The van der Waals surface area contributed by atoms with Gasteiger partial charge in [-0.15, -0.1) is 0 Å². The van der Waals surface area contributed by atoms with Crippen molar-refractivity contribution >= 4 is 5.91 Å². The molecule has 0 fully saturated rings. The van der Waals surface area contributed by atoms with Gasteiger partial charge in [0, 0.05) is 11.8 Å². The minimum absolute atomic E-state index is 0.0681. The van der Waals surface area contributed by atoms with E-state index in [1.165, 1.54) is 0 Å². The summed E-state index contributed by atoms with van der Waals surface area (Å²) in [6, 6.07) is 9.22. The largest absolute Gasteiger partial charge is 0.328 e. The summed E-state index contributed by atoms with van der Waals surface area (Å²) >= 11 is 0. The summed E-state index contributed by atoms with van der Waals surface area (Å²) in [6.07, 6.45) is 7.83. The highest BCUT2D eigenvalue weighted by molar-refractivity contribution is 5.94. The fourth-order valence-corrected chi connectivity index (χ4v) is 1.37. The van der Waals surface area contributed by atoms with Crippen LogP contribution < -0.4 is 5.32 Å². The predicted molar refractivity (Wildman–Crippen MR) is 71.7 cm³/mol. The zero-order valence-corrected chi connectivity index (χ0v) is 10.4. The average Bonchev–Trinajstić information content (AvgIpc) is 2.39. The first-order valence-corrected chi connectivity index (χ1v) is 5.99. The zero-order chi connectivity index (χ0) is 12.5. The third-order valence-corrected chi connectivity index (χ3v) is 2.40. The molecule has 0 unspecified atom stereocenters. The van der Waals surface area contributed by atoms with Crippen LogP contribution in [0, 0.1) is 0 Å². The molecule has 0 aliphatic carbocycles. The van der Waals surface area contributed by atoms with Gasteiger partial charge in [0.1, 0.15) is 0 Å². The van der Waals surface area contributed by atoms with Gasteiger partial charge in [-0.2, -0.15) is 0 Å². The first kappa shape index (κ1) is 13.2. The molecule has 0 bridgehead atoms. The van der Waals surface area contributed by atoms with Gasteiger partial charge in [0.2, 0.25) is 0 Å². The highest BCUT2D eigenvalue weighted by Crippen LogP contribution is 2.03. The van der Waals surface area contributed by atoms with Crippen LogP contribution >= 0.6 is 0 Å². The number of allylic oxidation sites excluding steroid dienone is 3. The summed E-state index contributed by atoms with van der Waals surface area (Å²) < 4.78 is 0. The standard InChI is InChI=1S/C15H19NO/c1-3-5-9-13(4-2)12-16-15(17)14-10-7-6-8-11-14/h5-12H,3-4H2,1-2H3,(H,16,17)/b9-5+,13-12+. The third-order valence-electron chi connectivity index (χ3n) is 2.40. The second-order valence-electron chi connectivity index (χ2n) is 3.72. The lowest BCUT2D eigenvalue weighted by atomic mass is 10.2. The van der Waals surface area contributed by atoms with Crippen molar-refractivity contribution in [1.29, 1.82) is 0 Å². The smallest absolute Gasteiger partial charge is 0.255 e. The van der Waals surface area contributed by atoms with E-state index in [1.54, 1.807) is 18.3 Å². The Bertz CT molecular complexity index is 404. The second kappa shape index (κ2) is 7.44. The molecule has 1 aromatic carbocycles. The molecule has 0 aliphatic rings. The summed E-state index contributed by atoms with van der Waals surface area (Å²) in [5.41, 5.74) is 1.80. The van der Waals surface area contributed by atoms with Crippen LogP contribution in [0.3, 0.4) is 0 Å². The van der Waals surface area contributed by atoms with Crippen molar-refractivity contribution in [1.82, 2.24) is 5.32 Å². The zero-order valence-electron chi connectivity index (χ0n) is 10.4. The number of hydrogen-bond acceptors (Lipinski definition) is 1. The molecule has 1 aromatic rings.